The number of carbonyl (C=O) groups excluding carboxylic acids is 2. The number of nitrogens with one attached hydrogen (secondary N) is 1. The molecule has 1 aliphatic heterocycles. The van der Waals surface area contributed by atoms with Crippen molar-refractivity contribution in [1.82, 2.24) is 15.4 Å². The summed E-state index contributed by atoms with van der Waals surface area (Å²) in [5.74, 6) is 1.19. The topological polar surface area (TPSA) is 75.4 Å². The molecule has 2 aliphatic rings. The van der Waals surface area contributed by atoms with Crippen molar-refractivity contribution >= 4 is 11.8 Å². The van der Waals surface area contributed by atoms with Gasteiger partial charge in [0.05, 0.1) is 0 Å². The Morgan fingerprint density at radius 3 is 2.80 bits per heavy atom. The van der Waals surface area contributed by atoms with Gasteiger partial charge in [-0.1, -0.05) is 31.3 Å². The first-order chi connectivity index (χ1) is 12.2. The Morgan fingerprint density at radius 1 is 1.24 bits per heavy atom. The molecule has 0 aromatic carbocycles. The Labute approximate surface area is 149 Å². The second-order valence-corrected chi connectivity index (χ2v) is 7.33. The summed E-state index contributed by atoms with van der Waals surface area (Å²) in [6.07, 6.45) is 8.50. The highest BCUT2D eigenvalue weighted by atomic mass is 16.5. The lowest BCUT2D eigenvalue weighted by Gasteiger charge is -2.35. The van der Waals surface area contributed by atoms with E-state index in [1.807, 2.05) is 11.8 Å². The third-order valence-electron chi connectivity index (χ3n) is 5.39. The van der Waals surface area contributed by atoms with Gasteiger partial charge in [0.15, 0.2) is 5.69 Å². The minimum Gasteiger partial charge on any atom is -0.360 e. The third kappa shape index (κ3) is 4.41. The predicted molar refractivity (Wildman–Crippen MR) is 94.3 cm³/mol. The summed E-state index contributed by atoms with van der Waals surface area (Å²) < 4.78 is 5.43. The lowest BCUT2D eigenvalue weighted by Crippen LogP contribution is -2.42. The van der Waals surface area contributed by atoms with Gasteiger partial charge in [0.1, 0.15) is 5.76 Å². The molecule has 25 heavy (non-hydrogen) atoms. The fraction of sp³-hybridized carbons (Fsp3) is 0.737. The molecule has 1 aliphatic carbocycles. The molecule has 1 N–H and O–H groups in total. The van der Waals surface area contributed by atoms with Crippen LogP contribution >= 0.6 is 0 Å². The van der Waals surface area contributed by atoms with Crippen LogP contribution < -0.4 is 5.32 Å². The fourth-order valence-electron chi connectivity index (χ4n) is 3.94. The highest BCUT2D eigenvalue weighted by Gasteiger charge is 2.32. The summed E-state index contributed by atoms with van der Waals surface area (Å²) in [4.78, 5) is 26.8. The number of piperidine rings is 1. The van der Waals surface area contributed by atoms with Gasteiger partial charge in [-0.15, -0.1) is 0 Å². The summed E-state index contributed by atoms with van der Waals surface area (Å²) in [6, 6.07) is 1.74. The Morgan fingerprint density at radius 2 is 2.04 bits per heavy atom. The van der Waals surface area contributed by atoms with Crippen LogP contribution in [0.25, 0.3) is 0 Å². The zero-order chi connectivity index (χ0) is 17.6. The van der Waals surface area contributed by atoms with Crippen LogP contribution in [0.15, 0.2) is 10.6 Å². The average Bonchev–Trinajstić information content (AvgIpc) is 3.16. The fourth-order valence-corrected chi connectivity index (χ4v) is 3.94. The van der Waals surface area contributed by atoms with Crippen molar-refractivity contribution in [2.75, 3.05) is 19.6 Å². The number of amides is 2. The van der Waals surface area contributed by atoms with E-state index in [-0.39, 0.29) is 17.7 Å². The number of rotatable bonds is 5. The molecule has 1 saturated carbocycles. The van der Waals surface area contributed by atoms with Crippen LogP contribution in [0.4, 0.5) is 0 Å². The molecular formula is C19H29N3O3. The molecule has 1 atom stereocenters. The van der Waals surface area contributed by atoms with Crippen LogP contribution in [0.1, 0.15) is 80.5 Å². The average molecular weight is 347 g/mol. The van der Waals surface area contributed by atoms with E-state index in [1.165, 1.54) is 19.3 Å². The highest BCUT2D eigenvalue weighted by molar-refractivity contribution is 5.92. The lowest BCUT2D eigenvalue weighted by atomic mass is 9.87. The minimum absolute atomic E-state index is 0.140. The molecule has 2 fully saturated rings. The second kappa shape index (κ2) is 8.50. The summed E-state index contributed by atoms with van der Waals surface area (Å²) in [6.45, 7) is 4.16. The predicted octanol–water partition coefficient (Wildman–Crippen LogP) is 3.10. The van der Waals surface area contributed by atoms with Crippen molar-refractivity contribution in [2.45, 2.75) is 64.2 Å². The Balaban J connectivity index is 1.60. The van der Waals surface area contributed by atoms with E-state index in [9.17, 15) is 9.59 Å². The number of hydrogen-bond donors (Lipinski definition) is 1. The van der Waals surface area contributed by atoms with Crippen LogP contribution in [-0.2, 0) is 4.79 Å². The van der Waals surface area contributed by atoms with E-state index in [2.05, 4.69) is 10.5 Å². The van der Waals surface area contributed by atoms with Crippen LogP contribution in [0.2, 0.25) is 0 Å². The van der Waals surface area contributed by atoms with Gasteiger partial charge in [-0.2, -0.15) is 0 Å². The number of nitrogens with zero attached hydrogens (tertiary/aromatic N) is 2. The molecule has 6 nitrogen and oxygen atoms in total. The van der Waals surface area contributed by atoms with Crippen LogP contribution in [0, 0.1) is 5.92 Å². The van der Waals surface area contributed by atoms with Crippen molar-refractivity contribution in [3.8, 4) is 0 Å². The molecule has 1 unspecified atom stereocenters. The monoisotopic (exact) mass is 347 g/mol. The first-order valence-electron chi connectivity index (χ1n) is 9.72. The molecule has 0 radical (unpaired) electrons. The molecule has 138 valence electrons. The molecule has 1 saturated heterocycles. The normalized spacial score (nSPS) is 22.0. The summed E-state index contributed by atoms with van der Waals surface area (Å²) in [5.41, 5.74) is 0.333. The van der Waals surface area contributed by atoms with Crippen molar-refractivity contribution in [3.63, 3.8) is 0 Å². The summed E-state index contributed by atoms with van der Waals surface area (Å²) in [7, 11) is 0. The highest BCUT2D eigenvalue weighted by Crippen LogP contribution is 2.31. The maximum absolute atomic E-state index is 12.8. The molecular weight excluding hydrogens is 318 g/mol. The van der Waals surface area contributed by atoms with Crippen molar-refractivity contribution in [2.24, 2.45) is 5.92 Å². The van der Waals surface area contributed by atoms with E-state index in [0.29, 0.717) is 24.7 Å². The maximum Gasteiger partial charge on any atom is 0.273 e. The number of carbonyl (C=O) groups is 2. The largest absolute Gasteiger partial charge is 0.360 e. The zero-order valence-corrected chi connectivity index (χ0v) is 15.1. The number of likely N-dealkylation sites (tertiary alicyclic amines) is 1. The first kappa shape index (κ1) is 18.0. The molecule has 3 rings (SSSR count). The molecule has 6 heteroatoms. The molecule has 0 bridgehead atoms. The van der Waals surface area contributed by atoms with Gasteiger partial charge in [0.25, 0.3) is 5.91 Å². The van der Waals surface area contributed by atoms with Crippen LogP contribution in [0.3, 0.4) is 0 Å². The van der Waals surface area contributed by atoms with Gasteiger partial charge < -0.3 is 14.7 Å². The van der Waals surface area contributed by atoms with Gasteiger partial charge in [0, 0.05) is 37.5 Å². The van der Waals surface area contributed by atoms with Gasteiger partial charge >= 0.3 is 0 Å². The maximum atomic E-state index is 12.8. The Hall–Kier alpha value is -1.85. The van der Waals surface area contributed by atoms with Gasteiger partial charge in [-0.3, -0.25) is 9.59 Å². The molecule has 2 heterocycles. The first-order valence-corrected chi connectivity index (χ1v) is 9.72. The van der Waals surface area contributed by atoms with E-state index in [1.54, 1.807) is 6.07 Å². The minimum atomic E-state index is -0.192. The number of hydrogen-bond acceptors (Lipinski definition) is 4. The smallest absolute Gasteiger partial charge is 0.273 e. The second-order valence-electron chi connectivity index (χ2n) is 7.33. The van der Waals surface area contributed by atoms with E-state index in [4.69, 9.17) is 4.52 Å². The van der Waals surface area contributed by atoms with Crippen LogP contribution in [-0.4, -0.2) is 41.5 Å². The third-order valence-corrected chi connectivity index (χ3v) is 5.39. The van der Waals surface area contributed by atoms with E-state index in [0.717, 1.165) is 44.4 Å². The van der Waals surface area contributed by atoms with Crippen molar-refractivity contribution in [3.05, 3.63) is 17.5 Å². The van der Waals surface area contributed by atoms with Crippen molar-refractivity contribution in [1.29, 1.82) is 0 Å². The quantitative estimate of drug-likeness (QED) is 0.888. The van der Waals surface area contributed by atoms with Gasteiger partial charge in [0.2, 0.25) is 5.91 Å². The Kier molecular flexibility index (Phi) is 6.10. The standard InChI is InChI=1S/C19H29N3O3/c1-2-10-20-18(23)16-12-17(25-21-16)15-9-6-11-22(13-15)19(24)14-7-4-3-5-8-14/h12,14-15H,2-11,13H2,1H3,(H,20,23). The lowest BCUT2D eigenvalue weighted by molar-refractivity contribution is -0.137. The summed E-state index contributed by atoms with van der Waals surface area (Å²) >= 11 is 0. The zero-order valence-electron chi connectivity index (χ0n) is 15.1. The molecule has 1 aromatic heterocycles. The van der Waals surface area contributed by atoms with E-state index < -0.39 is 0 Å². The summed E-state index contributed by atoms with van der Waals surface area (Å²) in [5, 5.41) is 6.72. The molecule has 2 amide bonds. The number of aromatic nitrogens is 1. The van der Waals surface area contributed by atoms with Gasteiger partial charge in [-0.05, 0) is 32.1 Å². The molecule has 0 spiro atoms. The van der Waals surface area contributed by atoms with Gasteiger partial charge in [-0.25, -0.2) is 0 Å². The van der Waals surface area contributed by atoms with E-state index >= 15 is 0 Å². The van der Waals surface area contributed by atoms with Crippen LogP contribution in [0.5, 0.6) is 0 Å². The molecule has 1 aromatic rings. The van der Waals surface area contributed by atoms with Crippen molar-refractivity contribution < 1.29 is 14.1 Å². The Bertz CT molecular complexity index is 592. The SMILES string of the molecule is CCCNC(=O)c1cc(C2CCCN(C(=O)C3CCCCC3)C2)on1.